The molecule has 7 nitrogen and oxygen atoms in total. The minimum atomic E-state index is -0.386. The Morgan fingerprint density at radius 2 is 1.67 bits per heavy atom. The first kappa shape index (κ1) is 21.8. The van der Waals surface area contributed by atoms with Crippen molar-refractivity contribution in [3.05, 3.63) is 70.3 Å². The minimum Gasteiger partial charge on any atom is -0.369 e. The average molecular weight is 411 g/mol. The topological polar surface area (TPSA) is 78.7 Å². The highest BCUT2D eigenvalue weighted by Gasteiger charge is 2.26. The second-order valence-corrected chi connectivity index (χ2v) is 7.91. The SMILES string of the molecule is C[C@@H](CCc1ccccc1)NC(=O)[C@H](C)N1CCN(c2ccc([N+](=O)[O-])cc2)CC1. The summed E-state index contributed by atoms with van der Waals surface area (Å²) in [6.45, 7) is 7.16. The molecule has 2 aromatic rings. The standard InChI is InChI=1S/C23H30N4O3/c1-18(8-9-20-6-4-3-5-7-20)24-23(28)19(2)25-14-16-26(17-15-25)21-10-12-22(13-11-21)27(29)30/h3-7,10-13,18-19H,8-9,14-17H2,1-2H3,(H,24,28)/t18-,19-/m0/s1. The quantitative estimate of drug-likeness (QED) is 0.534. The zero-order valence-corrected chi connectivity index (χ0v) is 17.7. The number of nitrogens with zero attached hydrogens (tertiary/aromatic N) is 3. The van der Waals surface area contributed by atoms with Crippen LogP contribution in [0, 0.1) is 10.1 Å². The van der Waals surface area contributed by atoms with Gasteiger partial charge in [0.05, 0.1) is 11.0 Å². The van der Waals surface area contributed by atoms with E-state index in [0.29, 0.717) is 0 Å². The lowest BCUT2D eigenvalue weighted by atomic mass is 10.1. The van der Waals surface area contributed by atoms with Gasteiger partial charge in [-0.2, -0.15) is 0 Å². The van der Waals surface area contributed by atoms with Crippen LogP contribution in [0.1, 0.15) is 25.8 Å². The summed E-state index contributed by atoms with van der Waals surface area (Å²) < 4.78 is 0. The Bertz CT molecular complexity index is 833. The van der Waals surface area contributed by atoms with Crippen LogP contribution >= 0.6 is 0 Å². The third kappa shape index (κ3) is 5.79. The summed E-state index contributed by atoms with van der Waals surface area (Å²) in [7, 11) is 0. The third-order valence-corrected chi connectivity index (χ3v) is 5.76. The van der Waals surface area contributed by atoms with Gasteiger partial charge < -0.3 is 10.2 Å². The van der Waals surface area contributed by atoms with E-state index >= 15 is 0 Å². The molecule has 0 spiro atoms. The van der Waals surface area contributed by atoms with Gasteiger partial charge in [-0.15, -0.1) is 0 Å². The van der Waals surface area contributed by atoms with Gasteiger partial charge in [-0.1, -0.05) is 30.3 Å². The number of hydrogen-bond donors (Lipinski definition) is 1. The first-order valence-corrected chi connectivity index (χ1v) is 10.5. The molecule has 0 bridgehead atoms. The maximum Gasteiger partial charge on any atom is 0.269 e. The largest absolute Gasteiger partial charge is 0.369 e. The van der Waals surface area contributed by atoms with Crippen LogP contribution in [0.25, 0.3) is 0 Å². The Hall–Kier alpha value is -2.93. The van der Waals surface area contributed by atoms with Crippen molar-refractivity contribution in [3.63, 3.8) is 0 Å². The number of nitro groups is 1. The van der Waals surface area contributed by atoms with Gasteiger partial charge in [-0.25, -0.2) is 0 Å². The van der Waals surface area contributed by atoms with Crippen molar-refractivity contribution in [2.75, 3.05) is 31.1 Å². The lowest BCUT2D eigenvalue weighted by molar-refractivity contribution is -0.384. The molecule has 30 heavy (non-hydrogen) atoms. The fourth-order valence-electron chi connectivity index (χ4n) is 3.78. The second-order valence-electron chi connectivity index (χ2n) is 7.91. The molecule has 2 atom stereocenters. The molecule has 3 rings (SSSR count). The number of nitro benzene ring substituents is 1. The summed E-state index contributed by atoms with van der Waals surface area (Å²) in [5, 5.41) is 14.0. The number of carbonyl (C=O) groups excluding carboxylic acids is 1. The Morgan fingerprint density at radius 1 is 1.03 bits per heavy atom. The first-order chi connectivity index (χ1) is 14.4. The number of benzene rings is 2. The molecule has 1 aliphatic rings. The first-order valence-electron chi connectivity index (χ1n) is 10.5. The van der Waals surface area contributed by atoms with E-state index in [1.54, 1.807) is 12.1 Å². The van der Waals surface area contributed by atoms with Crippen molar-refractivity contribution in [3.8, 4) is 0 Å². The van der Waals surface area contributed by atoms with Gasteiger partial charge in [-0.05, 0) is 44.4 Å². The van der Waals surface area contributed by atoms with Gasteiger partial charge in [-0.3, -0.25) is 19.8 Å². The number of amides is 1. The van der Waals surface area contributed by atoms with Gasteiger partial charge in [0, 0.05) is 50.0 Å². The summed E-state index contributed by atoms with van der Waals surface area (Å²) in [6.07, 6.45) is 1.86. The Morgan fingerprint density at radius 3 is 2.27 bits per heavy atom. The van der Waals surface area contributed by atoms with Crippen LogP contribution in [0.4, 0.5) is 11.4 Å². The summed E-state index contributed by atoms with van der Waals surface area (Å²) in [5.74, 6) is 0.0688. The predicted octanol–water partition coefficient (Wildman–Crippen LogP) is 3.24. The lowest BCUT2D eigenvalue weighted by Crippen LogP contribution is -2.54. The van der Waals surface area contributed by atoms with Crippen LogP contribution in [-0.4, -0.2) is 54.0 Å². The van der Waals surface area contributed by atoms with Crippen LogP contribution < -0.4 is 10.2 Å². The fourth-order valence-corrected chi connectivity index (χ4v) is 3.78. The lowest BCUT2D eigenvalue weighted by Gasteiger charge is -2.38. The molecule has 1 N–H and O–H groups in total. The van der Waals surface area contributed by atoms with E-state index in [2.05, 4.69) is 34.2 Å². The number of hydrogen-bond acceptors (Lipinski definition) is 5. The van der Waals surface area contributed by atoms with Crippen molar-refractivity contribution >= 4 is 17.3 Å². The summed E-state index contributed by atoms with van der Waals surface area (Å²) in [5.41, 5.74) is 2.37. The van der Waals surface area contributed by atoms with Crippen LogP contribution in [-0.2, 0) is 11.2 Å². The summed E-state index contributed by atoms with van der Waals surface area (Å²) in [6, 6.07) is 16.9. The van der Waals surface area contributed by atoms with E-state index in [-0.39, 0.29) is 28.6 Å². The van der Waals surface area contributed by atoms with Crippen molar-refractivity contribution in [1.82, 2.24) is 10.2 Å². The van der Waals surface area contributed by atoms with Gasteiger partial charge in [0.1, 0.15) is 0 Å². The van der Waals surface area contributed by atoms with E-state index in [0.717, 1.165) is 44.7 Å². The van der Waals surface area contributed by atoms with Crippen molar-refractivity contribution in [2.24, 2.45) is 0 Å². The molecule has 0 aliphatic carbocycles. The number of anilines is 1. The molecule has 1 heterocycles. The molecule has 2 aromatic carbocycles. The monoisotopic (exact) mass is 410 g/mol. The number of aryl methyl sites for hydroxylation is 1. The molecule has 7 heteroatoms. The van der Waals surface area contributed by atoms with Crippen molar-refractivity contribution < 1.29 is 9.72 Å². The molecule has 1 fully saturated rings. The number of rotatable bonds is 8. The highest BCUT2D eigenvalue weighted by molar-refractivity contribution is 5.81. The van der Waals surface area contributed by atoms with Crippen molar-refractivity contribution in [2.45, 2.75) is 38.8 Å². The Kier molecular flexibility index (Phi) is 7.41. The smallest absolute Gasteiger partial charge is 0.269 e. The molecular weight excluding hydrogens is 380 g/mol. The Labute approximate surface area is 177 Å². The van der Waals surface area contributed by atoms with E-state index < -0.39 is 0 Å². The van der Waals surface area contributed by atoms with Crippen LogP contribution in [0.3, 0.4) is 0 Å². The van der Waals surface area contributed by atoms with Gasteiger partial charge in [0.2, 0.25) is 5.91 Å². The molecule has 1 amide bonds. The third-order valence-electron chi connectivity index (χ3n) is 5.76. The average Bonchev–Trinajstić information content (AvgIpc) is 2.78. The normalized spacial score (nSPS) is 16.7. The zero-order valence-electron chi connectivity index (χ0n) is 17.7. The highest BCUT2D eigenvalue weighted by atomic mass is 16.6. The van der Waals surface area contributed by atoms with Crippen molar-refractivity contribution in [1.29, 1.82) is 0 Å². The van der Waals surface area contributed by atoms with E-state index in [1.807, 2.05) is 25.1 Å². The van der Waals surface area contributed by atoms with Gasteiger partial charge >= 0.3 is 0 Å². The van der Waals surface area contributed by atoms with Crippen LogP contribution in [0.2, 0.25) is 0 Å². The number of nitrogens with one attached hydrogen (secondary N) is 1. The fraction of sp³-hybridized carbons (Fsp3) is 0.435. The number of piperazine rings is 1. The maximum atomic E-state index is 12.7. The molecular formula is C23H30N4O3. The molecule has 0 aromatic heterocycles. The van der Waals surface area contributed by atoms with Crippen LogP contribution in [0.5, 0.6) is 0 Å². The maximum absolute atomic E-state index is 12.7. The molecule has 1 saturated heterocycles. The highest BCUT2D eigenvalue weighted by Crippen LogP contribution is 2.21. The van der Waals surface area contributed by atoms with Gasteiger partial charge in [0.15, 0.2) is 0 Å². The molecule has 0 radical (unpaired) electrons. The molecule has 160 valence electrons. The molecule has 0 unspecified atom stereocenters. The number of carbonyl (C=O) groups is 1. The van der Waals surface area contributed by atoms with Crippen LogP contribution in [0.15, 0.2) is 54.6 Å². The number of non-ortho nitro benzene ring substituents is 1. The van der Waals surface area contributed by atoms with E-state index in [1.165, 1.54) is 17.7 Å². The second kappa shape index (κ2) is 10.2. The van der Waals surface area contributed by atoms with E-state index in [9.17, 15) is 14.9 Å². The summed E-state index contributed by atoms with van der Waals surface area (Å²) in [4.78, 5) is 27.5. The molecule has 0 saturated carbocycles. The zero-order chi connectivity index (χ0) is 21.5. The Balaban J connectivity index is 1.44. The predicted molar refractivity (Wildman–Crippen MR) is 119 cm³/mol. The molecule has 1 aliphatic heterocycles. The van der Waals surface area contributed by atoms with E-state index in [4.69, 9.17) is 0 Å². The minimum absolute atomic E-state index is 0.0688. The van der Waals surface area contributed by atoms with Gasteiger partial charge in [0.25, 0.3) is 5.69 Å². The summed E-state index contributed by atoms with van der Waals surface area (Å²) >= 11 is 0.